The molecule has 1 aliphatic heterocycles. The Kier molecular flexibility index (Phi) is 7.83. The Balaban J connectivity index is 0.00000240. The van der Waals surface area contributed by atoms with Crippen molar-refractivity contribution in [3.8, 4) is 0 Å². The second-order valence-electron chi connectivity index (χ2n) is 7.22. The maximum Gasteiger partial charge on any atom is 0.127 e. The van der Waals surface area contributed by atoms with Crippen LogP contribution in [0.1, 0.15) is 29.1 Å². The van der Waals surface area contributed by atoms with Crippen LogP contribution in [0.15, 0.2) is 73.1 Å². The summed E-state index contributed by atoms with van der Waals surface area (Å²) in [5.74, 6) is 1.11. The Labute approximate surface area is 179 Å². The molecule has 2 aromatic carbocycles. The molecular weight excluding hydrogens is 384 g/mol. The number of hydrogen-bond donors (Lipinski definition) is 1. The van der Waals surface area contributed by atoms with Crippen molar-refractivity contribution in [2.75, 3.05) is 32.8 Å². The van der Waals surface area contributed by atoms with E-state index in [1.54, 1.807) is 0 Å². The first-order valence-electron chi connectivity index (χ1n) is 9.96. The summed E-state index contributed by atoms with van der Waals surface area (Å²) in [4.78, 5) is 7.05. The molecule has 3 aromatic rings. The maximum atomic E-state index is 6.42. The molecule has 1 unspecified atom stereocenters. The van der Waals surface area contributed by atoms with Crippen LogP contribution in [0.25, 0.3) is 0 Å². The number of nitrogens with zero attached hydrogens (tertiary/aromatic N) is 3. The summed E-state index contributed by atoms with van der Waals surface area (Å²) >= 11 is 0. The zero-order valence-corrected chi connectivity index (χ0v) is 17.6. The van der Waals surface area contributed by atoms with Crippen LogP contribution in [-0.2, 0) is 11.8 Å². The minimum absolute atomic E-state index is 0. The van der Waals surface area contributed by atoms with Gasteiger partial charge in [0.15, 0.2) is 0 Å². The van der Waals surface area contributed by atoms with Gasteiger partial charge in [0.05, 0.1) is 12.6 Å². The molecule has 154 valence electrons. The van der Waals surface area contributed by atoms with Crippen molar-refractivity contribution in [2.45, 2.75) is 12.1 Å². The summed E-state index contributed by atoms with van der Waals surface area (Å²) in [7, 11) is 2.06. The lowest BCUT2D eigenvalue weighted by Crippen LogP contribution is -2.47. The molecule has 1 N–H and O–H groups in total. The van der Waals surface area contributed by atoms with Gasteiger partial charge in [0.2, 0.25) is 0 Å². The molecule has 0 amide bonds. The first kappa shape index (κ1) is 21.5. The van der Waals surface area contributed by atoms with Gasteiger partial charge in [0, 0.05) is 45.6 Å². The minimum atomic E-state index is -0.0445. The molecule has 6 heteroatoms. The molecule has 0 bridgehead atoms. The van der Waals surface area contributed by atoms with E-state index in [0.717, 1.165) is 32.0 Å². The third kappa shape index (κ3) is 5.25. The molecule has 0 saturated carbocycles. The molecule has 0 aliphatic carbocycles. The number of hydrogen-bond acceptors (Lipinski definition) is 4. The van der Waals surface area contributed by atoms with E-state index in [9.17, 15) is 0 Å². The molecule has 1 fully saturated rings. The van der Waals surface area contributed by atoms with Crippen molar-refractivity contribution in [2.24, 2.45) is 7.05 Å². The van der Waals surface area contributed by atoms with Crippen LogP contribution in [-0.4, -0.2) is 47.2 Å². The first-order chi connectivity index (χ1) is 13.8. The summed E-state index contributed by atoms with van der Waals surface area (Å²) in [6, 6.07) is 21.2. The third-order valence-corrected chi connectivity index (χ3v) is 5.38. The minimum Gasteiger partial charge on any atom is -0.367 e. The lowest BCUT2D eigenvalue weighted by molar-refractivity contribution is 0.0417. The Morgan fingerprint density at radius 2 is 1.72 bits per heavy atom. The van der Waals surface area contributed by atoms with Gasteiger partial charge in [-0.15, -0.1) is 12.4 Å². The largest absolute Gasteiger partial charge is 0.367 e. The van der Waals surface area contributed by atoms with Gasteiger partial charge in [-0.1, -0.05) is 60.7 Å². The Hall–Kier alpha value is -2.18. The number of rotatable bonds is 7. The fourth-order valence-corrected chi connectivity index (χ4v) is 3.90. The van der Waals surface area contributed by atoms with Gasteiger partial charge in [-0.25, -0.2) is 4.98 Å². The topological polar surface area (TPSA) is 42.3 Å². The number of aryl methyl sites for hydroxylation is 1. The predicted octanol–water partition coefficient (Wildman–Crippen LogP) is 3.59. The zero-order chi connectivity index (χ0) is 19.2. The van der Waals surface area contributed by atoms with E-state index in [4.69, 9.17) is 4.74 Å². The summed E-state index contributed by atoms with van der Waals surface area (Å²) in [5, 5.41) is 3.50. The van der Waals surface area contributed by atoms with Crippen molar-refractivity contribution < 1.29 is 4.74 Å². The Morgan fingerprint density at radius 1 is 1.07 bits per heavy atom. The van der Waals surface area contributed by atoms with E-state index in [2.05, 4.69) is 75.3 Å². The number of nitrogens with one attached hydrogen (secondary N) is 1. The van der Waals surface area contributed by atoms with Crippen molar-refractivity contribution >= 4 is 12.4 Å². The number of ether oxygens (including phenoxy) is 1. The van der Waals surface area contributed by atoms with Crippen molar-refractivity contribution in [1.82, 2.24) is 19.8 Å². The maximum absolute atomic E-state index is 6.42. The third-order valence-electron chi connectivity index (χ3n) is 5.38. The zero-order valence-electron chi connectivity index (χ0n) is 16.8. The van der Waals surface area contributed by atoms with Gasteiger partial charge in [0.1, 0.15) is 11.9 Å². The molecule has 1 atom stereocenters. The molecule has 0 radical (unpaired) electrons. The molecule has 2 heterocycles. The van der Waals surface area contributed by atoms with Crippen molar-refractivity contribution in [3.63, 3.8) is 0 Å². The number of piperazine rings is 1. The van der Waals surface area contributed by atoms with Gasteiger partial charge >= 0.3 is 0 Å². The number of aromatic nitrogens is 2. The number of benzene rings is 2. The van der Waals surface area contributed by atoms with E-state index in [1.807, 2.05) is 24.5 Å². The fraction of sp³-hybridized carbons (Fsp3) is 0.348. The standard InChI is InChI=1S/C23H28N4O.ClH/c1-26-14-13-25-23(26)21-18-24-12-15-27(21)16-17-28-22(19-8-4-2-5-9-19)20-10-6-3-7-11-20;/h2-11,13-14,21-22,24H,12,15-18H2,1H3;1H. The first-order valence-corrected chi connectivity index (χ1v) is 9.96. The normalized spacial score (nSPS) is 17.2. The van der Waals surface area contributed by atoms with E-state index >= 15 is 0 Å². The van der Waals surface area contributed by atoms with Gasteiger partial charge < -0.3 is 14.6 Å². The van der Waals surface area contributed by atoms with Crippen LogP contribution in [0.3, 0.4) is 0 Å². The highest BCUT2D eigenvalue weighted by Gasteiger charge is 2.26. The highest BCUT2D eigenvalue weighted by Crippen LogP contribution is 2.26. The summed E-state index contributed by atoms with van der Waals surface area (Å²) in [5.41, 5.74) is 2.38. The smallest absolute Gasteiger partial charge is 0.127 e. The average molecular weight is 413 g/mol. The van der Waals surface area contributed by atoms with E-state index in [0.29, 0.717) is 6.61 Å². The van der Waals surface area contributed by atoms with Crippen LogP contribution in [0.4, 0.5) is 0 Å². The van der Waals surface area contributed by atoms with Gasteiger partial charge in [0.25, 0.3) is 0 Å². The molecule has 4 rings (SSSR count). The SMILES string of the molecule is Cl.Cn1ccnc1C1CNCCN1CCOC(c1ccccc1)c1ccccc1. The molecule has 1 aliphatic rings. The van der Waals surface area contributed by atoms with Crippen LogP contribution in [0.5, 0.6) is 0 Å². The molecule has 29 heavy (non-hydrogen) atoms. The molecule has 1 saturated heterocycles. The van der Waals surface area contributed by atoms with Gasteiger partial charge in [-0.2, -0.15) is 0 Å². The highest BCUT2D eigenvalue weighted by atomic mass is 35.5. The highest BCUT2D eigenvalue weighted by molar-refractivity contribution is 5.85. The van der Waals surface area contributed by atoms with Crippen molar-refractivity contribution in [3.05, 3.63) is 90.0 Å². The van der Waals surface area contributed by atoms with Crippen LogP contribution in [0, 0.1) is 0 Å². The second kappa shape index (κ2) is 10.6. The lowest BCUT2D eigenvalue weighted by atomic mass is 10.0. The summed E-state index contributed by atoms with van der Waals surface area (Å²) in [6.07, 6.45) is 3.84. The van der Waals surface area contributed by atoms with Gasteiger partial charge in [-0.3, -0.25) is 4.90 Å². The molecule has 5 nitrogen and oxygen atoms in total. The predicted molar refractivity (Wildman–Crippen MR) is 118 cm³/mol. The molecular formula is C23H29ClN4O. The Bertz CT molecular complexity index is 816. The van der Waals surface area contributed by atoms with Crippen molar-refractivity contribution in [1.29, 1.82) is 0 Å². The summed E-state index contributed by atoms with van der Waals surface area (Å²) < 4.78 is 8.54. The second-order valence-corrected chi connectivity index (χ2v) is 7.22. The average Bonchev–Trinajstić information content (AvgIpc) is 3.18. The van der Waals surface area contributed by atoms with Crippen LogP contribution in [0.2, 0.25) is 0 Å². The van der Waals surface area contributed by atoms with Gasteiger partial charge in [-0.05, 0) is 11.1 Å². The number of halogens is 1. The molecule has 0 spiro atoms. The quantitative estimate of drug-likeness (QED) is 0.644. The Morgan fingerprint density at radius 3 is 2.31 bits per heavy atom. The number of imidazole rings is 1. The van der Waals surface area contributed by atoms with E-state index in [1.165, 1.54) is 11.1 Å². The van der Waals surface area contributed by atoms with Crippen LogP contribution >= 0.6 is 12.4 Å². The summed E-state index contributed by atoms with van der Waals surface area (Å²) in [6.45, 7) is 4.49. The molecule has 1 aromatic heterocycles. The van der Waals surface area contributed by atoms with E-state index < -0.39 is 0 Å². The fourth-order valence-electron chi connectivity index (χ4n) is 3.90. The van der Waals surface area contributed by atoms with Crippen LogP contribution < -0.4 is 5.32 Å². The lowest BCUT2D eigenvalue weighted by Gasteiger charge is -2.36. The van der Waals surface area contributed by atoms with E-state index in [-0.39, 0.29) is 24.6 Å². The monoisotopic (exact) mass is 412 g/mol.